The van der Waals surface area contributed by atoms with Gasteiger partial charge in [-0.05, 0) is 28.7 Å². The molecule has 0 radical (unpaired) electrons. The van der Waals surface area contributed by atoms with Gasteiger partial charge in [0, 0.05) is 19.0 Å². The molecular formula is C18H18N2O. The molecule has 1 amide bonds. The van der Waals surface area contributed by atoms with Crippen LogP contribution in [0.1, 0.15) is 30.0 Å². The summed E-state index contributed by atoms with van der Waals surface area (Å²) in [4.78, 5) is 11.3. The van der Waals surface area contributed by atoms with Gasteiger partial charge in [-0.3, -0.25) is 4.79 Å². The number of hydrogen-bond donors (Lipinski definition) is 2. The number of carbonyl (C=O) groups excluding carboxylic acids is 1. The van der Waals surface area contributed by atoms with Crippen molar-refractivity contribution < 1.29 is 4.79 Å². The van der Waals surface area contributed by atoms with E-state index < -0.39 is 0 Å². The lowest BCUT2D eigenvalue weighted by Gasteiger charge is -2.27. The fraction of sp³-hybridized carbons (Fsp3) is 0.278. The molecule has 2 aromatic rings. The van der Waals surface area contributed by atoms with Crippen LogP contribution in [0.3, 0.4) is 0 Å². The average Bonchev–Trinajstić information content (AvgIpc) is 2.85. The first-order chi connectivity index (χ1) is 10.3. The van der Waals surface area contributed by atoms with E-state index in [-0.39, 0.29) is 11.9 Å². The Morgan fingerprint density at radius 3 is 2.14 bits per heavy atom. The molecule has 106 valence electrons. The van der Waals surface area contributed by atoms with Crippen molar-refractivity contribution in [1.82, 2.24) is 10.6 Å². The molecule has 0 bridgehead atoms. The van der Waals surface area contributed by atoms with E-state index in [1.807, 2.05) is 0 Å². The van der Waals surface area contributed by atoms with Crippen LogP contribution in [0.5, 0.6) is 0 Å². The van der Waals surface area contributed by atoms with Crippen molar-refractivity contribution in [2.45, 2.75) is 24.9 Å². The molecule has 1 saturated heterocycles. The summed E-state index contributed by atoms with van der Waals surface area (Å²) >= 11 is 0. The molecule has 1 unspecified atom stereocenters. The standard InChI is InChI=1S/C18H18N2O/c21-17-10-9-12(11-19-17)20-18-15-7-3-1-5-13(15)14-6-2-4-8-16(14)18/h1-8,12,18,20H,9-11H2,(H,19,21). The Balaban J connectivity index is 1.67. The van der Waals surface area contributed by atoms with Crippen LogP contribution in [0.4, 0.5) is 0 Å². The number of hydrogen-bond acceptors (Lipinski definition) is 2. The van der Waals surface area contributed by atoms with Gasteiger partial charge in [0.1, 0.15) is 0 Å². The number of carbonyl (C=O) groups is 1. The minimum Gasteiger partial charge on any atom is -0.355 e. The quantitative estimate of drug-likeness (QED) is 0.886. The van der Waals surface area contributed by atoms with Crippen molar-refractivity contribution in [3.05, 3.63) is 59.7 Å². The first-order valence-electron chi connectivity index (χ1n) is 7.54. The number of benzene rings is 2. The zero-order valence-electron chi connectivity index (χ0n) is 11.8. The fourth-order valence-corrected chi connectivity index (χ4v) is 3.45. The third kappa shape index (κ3) is 2.14. The number of fused-ring (bicyclic) bond motifs is 3. The third-order valence-electron chi connectivity index (χ3n) is 4.50. The van der Waals surface area contributed by atoms with Gasteiger partial charge in [0.05, 0.1) is 6.04 Å². The summed E-state index contributed by atoms with van der Waals surface area (Å²) in [5.41, 5.74) is 5.34. The van der Waals surface area contributed by atoms with Crippen molar-refractivity contribution >= 4 is 5.91 Å². The molecule has 1 fully saturated rings. The van der Waals surface area contributed by atoms with E-state index in [1.165, 1.54) is 22.3 Å². The molecule has 2 aliphatic rings. The van der Waals surface area contributed by atoms with Crippen LogP contribution in [0, 0.1) is 0 Å². The van der Waals surface area contributed by atoms with E-state index >= 15 is 0 Å². The van der Waals surface area contributed by atoms with E-state index in [4.69, 9.17) is 0 Å². The minimum absolute atomic E-state index is 0.167. The van der Waals surface area contributed by atoms with Crippen molar-refractivity contribution in [3.63, 3.8) is 0 Å². The van der Waals surface area contributed by atoms with E-state index in [0.717, 1.165) is 13.0 Å². The van der Waals surface area contributed by atoms with Crippen molar-refractivity contribution in [1.29, 1.82) is 0 Å². The zero-order chi connectivity index (χ0) is 14.2. The summed E-state index contributed by atoms with van der Waals surface area (Å²) in [5, 5.41) is 6.69. The first-order valence-corrected chi connectivity index (χ1v) is 7.54. The summed E-state index contributed by atoms with van der Waals surface area (Å²) in [6.45, 7) is 0.722. The van der Waals surface area contributed by atoms with Gasteiger partial charge in [-0.2, -0.15) is 0 Å². The van der Waals surface area contributed by atoms with Gasteiger partial charge in [-0.1, -0.05) is 48.5 Å². The molecule has 0 aromatic heterocycles. The largest absolute Gasteiger partial charge is 0.355 e. The van der Waals surface area contributed by atoms with Gasteiger partial charge in [0.25, 0.3) is 0 Å². The van der Waals surface area contributed by atoms with Gasteiger partial charge in [0.15, 0.2) is 0 Å². The minimum atomic E-state index is 0.167. The summed E-state index contributed by atoms with van der Waals surface area (Å²) in [6, 6.07) is 17.8. The maximum absolute atomic E-state index is 11.3. The molecule has 21 heavy (non-hydrogen) atoms. The maximum Gasteiger partial charge on any atom is 0.220 e. The monoisotopic (exact) mass is 278 g/mol. The Morgan fingerprint density at radius 2 is 1.57 bits per heavy atom. The highest BCUT2D eigenvalue weighted by Crippen LogP contribution is 2.43. The Morgan fingerprint density at radius 1 is 0.952 bits per heavy atom. The Labute approximate surface area is 124 Å². The van der Waals surface area contributed by atoms with E-state index in [1.54, 1.807) is 0 Å². The molecule has 2 aromatic carbocycles. The van der Waals surface area contributed by atoms with Crippen LogP contribution in [-0.4, -0.2) is 18.5 Å². The van der Waals surface area contributed by atoms with E-state index in [0.29, 0.717) is 12.5 Å². The first kappa shape index (κ1) is 12.6. The summed E-state index contributed by atoms with van der Waals surface area (Å²) in [6.07, 6.45) is 1.53. The van der Waals surface area contributed by atoms with Crippen LogP contribution in [0.15, 0.2) is 48.5 Å². The average molecular weight is 278 g/mol. The summed E-state index contributed by atoms with van der Waals surface area (Å²) < 4.78 is 0. The zero-order valence-corrected chi connectivity index (χ0v) is 11.8. The Hall–Kier alpha value is -2.13. The second kappa shape index (κ2) is 5.01. The van der Waals surface area contributed by atoms with E-state index in [2.05, 4.69) is 59.2 Å². The number of nitrogens with one attached hydrogen (secondary N) is 2. The second-order valence-electron chi connectivity index (χ2n) is 5.81. The molecule has 1 atom stereocenters. The topological polar surface area (TPSA) is 41.1 Å². The number of piperidine rings is 1. The van der Waals surface area contributed by atoms with Crippen LogP contribution in [0.25, 0.3) is 11.1 Å². The lowest BCUT2D eigenvalue weighted by Crippen LogP contribution is -2.46. The van der Waals surface area contributed by atoms with Crippen molar-refractivity contribution in [2.24, 2.45) is 0 Å². The molecular weight excluding hydrogens is 260 g/mol. The molecule has 3 heteroatoms. The van der Waals surface area contributed by atoms with Crippen LogP contribution >= 0.6 is 0 Å². The predicted octanol–water partition coefficient (Wildman–Crippen LogP) is 2.62. The smallest absolute Gasteiger partial charge is 0.220 e. The molecule has 1 aliphatic carbocycles. The highest BCUT2D eigenvalue weighted by atomic mass is 16.1. The second-order valence-corrected chi connectivity index (χ2v) is 5.81. The molecule has 1 aliphatic heterocycles. The molecule has 1 heterocycles. The SMILES string of the molecule is O=C1CCC(NC2c3ccccc3-c3ccccc32)CN1. The third-order valence-corrected chi connectivity index (χ3v) is 4.50. The fourth-order valence-electron chi connectivity index (χ4n) is 3.45. The Bertz CT molecular complexity index is 640. The number of amides is 1. The number of rotatable bonds is 2. The lowest BCUT2D eigenvalue weighted by molar-refractivity contribution is -0.122. The van der Waals surface area contributed by atoms with Crippen LogP contribution in [-0.2, 0) is 4.79 Å². The normalized spacial score (nSPS) is 20.8. The predicted molar refractivity (Wildman–Crippen MR) is 82.9 cm³/mol. The molecule has 2 N–H and O–H groups in total. The molecule has 4 rings (SSSR count). The van der Waals surface area contributed by atoms with Gasteiger partial charge in [-0.15, -0.1) is 0 Å². The van der Waals surface area contributed by atoms with Gasteiger partial charge < -0.3 is 10.6 Å². The lowest BCUT2D eigenvalue weighted by atomic mass is 10.0. The summed E-state index contributed by atoms with van der Waals surface area (Å²) in [7, 11) is 0. The van der Waals surface area contributed by atoms with Crippen LogP contribution in [0.2, 0.25) is 0 Å². The molecule has 3 nitrogen and oxygen atoms in total. The maximum atomic E-state index is 11.3. The van der Waals surface area contributed by atoms with Gasteiger partial charge in [-0.25, -0.2) is 0 Å². The highest BCUT2D eigenvalue weighted by molar-refractivity contribution is 5.79. The van der Waals surface area contributed by atoms with Crippen LogP contribution < -0.4 is 10.6 Å². The van der Waals surface area contributed by atoms with Gasteiger partial charge >= 0.3 is 0 Å². The van der Waals surface area contributed by atoms with Crippen molar-refractivity contribution in [2.75, 3.05) is 6.54 Å². The Kier molecular flexibility index (Phi) is 3.00. The highest BCUT2D eigenvalue weighted by Gasteiger charge is 2.30. The van der Waals surface area contributed by atoms with E-state index in [9.17, 15) is 4.79 Å². The molecule has 0 spiro atoms. The van der Waals surface area contributed by atoms with Gasteiger partial charge in [0.2, 0.25) is 5.91 Å². The summed E-state index contributed by atoms with van der Waals surface area (Å²) in [5.74, 6) is 0.167. The van der Waals surface area contributed by atoms with Crippen molar-refractivity contribution in [3.8, 4) is 11.1 Å². The molecule has 0 saturated carbocycles.